The minimum Gasteiger partial charge on any atom is -0.503 e. The smallest absolute Gasteiger partial charge is 0.289 e. The summed E-state index contributed by atoms with van der Waals surface area (Å²) in [7, 11) is 4.15. The second-order valence-corrected chi connectivity index (χ2v) is 9.11. The van der Waals surface area contributed by atoms with Crippen LogP contribution in [0.1, 0.15) is 37.7 Å². The average molecular weight is 454 g/mol. The Balaban J connectivity index is 1.47. The summed E-state index contributed by atoms with van der Waals surface area (Å²) in [6, 6.07) is 6.09. The molecule has 3 rings (SSSR count). The number of rotatable bonds is 7. The molecule has 2 amide bonds. The Bertz CT molecular complexity index is 833. The van der Waals surface area contributed by atoms with E-state index < -0.39 is 11.7 Å². The minimum atomic E-state index is -0.427. The maximum atomic E-state index is 12.5. The molecule has 1 heterocycles. The maximum absolute atomic E-state index is 12.5. The maximum Gasteiger partial charge on any atom is 0.289 e. The number of halogens is 2. The van der Waals surface area contributed by atoms with Gasteiger partial charge in [0.15, 0.2) is 5.76 Å². The summed E-state index contributed by atoms with van der Waals surface area (Å²) >= 11 is 11.9. The zero-order valence-electron chi connectivity index (χ0n) is 17.5. The van der Waals surface area contributed by atoms with Gasteiger partial charge < -0.3 is 20.2 Å². The predicted molar refractivity (Wildman–Crippen MR) is 119 cm³/mol. The van der Waals surface area contributed by atoms with E-state index in [1.54, 1.807) is 11.0 Å². The van der Waals surface area contributed by atoms with Crippen molar-refractivity contribution in [2.24, 2.45) is 0 Å². The fourth-order valence-corrected chi connectivity index (χ4v) is 4.56. The zero-order chi connectivity index (χ0) is 21.8. The lowest BCUT2D eigenvalue weighted by Crippen LogP contribution is -2.44. The second-order valence-electron chi connectivity index (χ2n) is 8.29. The Morgan fingerprint density at radius 3 is 2.53 bits per heavy atom. The van der Waals surface area contributed by atoms with Gasteiger partial charge in [-0.3, -0.25) is 9.59 Å². The molecule has 0 bridgehead atoms. The quantitative estimate of drug-likeness (QED) is 0.618. The first-order valence-corrected chi connectivity index (χ1v) is 11.1. The molecule has 0 atom stereocenters. The van der Waals surface area contributed by atoms with E-state index in [-0.39, 0.29) is 24.1 Å². The molecule has 0 saturated heterocycles. The predicted octanol–water partition coefficient (Wildman–Crippen LogP) is 3.57. The fraction of sp³-hybridized carbons (Fsp3) is 0.545. The van der Waals surface area contributed by atoms with Crippen LogP contribution in [0.3, 0.4) is 0 Å². The fourth-order valence-electron chi connectivity index (χ4n) is 4.24. The van der Waals surface area contributed by atoms with Gasteiger partial charge in [0.25, 0.3) is 11.8 Å². The van der Waals surface area contributed by atoms with Crippen molar-refractivity contribution in [2.75, 3.05) is 27.2 Å². The van der Waals surface area contributed by atoms with Crippen LogP contribution >= 0.6 is 23.2 Å². The highest BCUT2D eigenvalue weighted by atomic mass is 35.5. The van der Waals surface area contributed by atoms with Gasteiger partial charge in [0.05, 0.1) is 22.2 Å². The molecule has 6 nitrogen and oxygen atoms in total. The van der Waals surface area contributed by atoms with E-state index in [9.17, 15) is 14.7 Å². The van der Waals surface area contributed by atoms with Crippen molar-refractivity contribution in [1.82, 2.24) is 15.1 Å². The van der Waals surface area contributed by atoms with Crippen LogP contribution in [0.4, 0.5) is 0 Å². The molecule has 1 fully saturated rings. The van der Waals surface area contributed by atoms with E-state index in [0.29, 0.717) is 29.1 Å². The number of aryl methyl sites for hydroxylation is 1. The van der Waals surface area contributed by atoms with E-state index in [1.807, 2.05) is 12.1 Å². The molecular weight excluding hydrogens is 425 g/mol. The van der Waals surface area contributed by atoms with Gasteiger partial charge in [-0.25, -0.2) is 0 Å². The molecule has 1 aromatic rings. The summed E-state index contributed by atoms with van der Waals surface area (Å²) in [4.78, 5) is 28.9. The highest BCUT2D eigenvalue weighted by Gasteiger charge is 2.39. The van der Waals surface area contributed by atoms with Gasteiger partial charge in [0, 0.05) is 18.6 Å². The molecule has 164 valence electrons. The third-order valence-electron chi connectivity index (χ3n) is 6.10. The van der Waals surface area contributed by atoms with Gasteiger partial charge in [0.2, 0.25) is 0 Å². The molecule has 1 aliphatic heterocycles. The van der Waals surface area contributed by atoms with Crippen molar-refractivity contribution in [2.45, 2.75) is 50.6 Å². The van der Waals surface area contributed by atoms with Gasteiger partial charge >= 0.3 is 0 Å². The molecule has 0 aromatic heterocycles. The van der Waals surface area contributed by atoms with Crippen molar-refractivity contribution in [3.8, 4) is 0 Å². The van der Waals surface area contributed by atoms with Crippen LogP contribution in [0.5, 0.6) is 0 Å². The number of carbonyl (C=O) groups is 2. The topological polar surface area (TPSA) is 72.9 Å². The van der Waals surface area contributed by atoms with Crippen molar-refractivity contribution >= 4 is 35.0 Å². The highest BCUT2D eigenvalue weighted by molar-refractivity contribution is 6.42. The van der Waals surface area contributed by atoms with Crippen molar-refractivity contribution in [1.29, 1.82) is 0 Å². The van der Waals surface area contributed by atoms with Crippen molar-refractivity contribution in [3.05, 3.63) is 45.1 Å². The number of amides is 2. The number of nitrogens with zero attached hydrogens (tertiary/aromatic N) is 2. The lowest BCUT2D eigenvalue weighted by atomic mass is 9.89. The molecule has 30 heavy (non-hydrogen) atoms. The van der Waals surface area contributed by atoms with Gasteiger partial charge in [-0.15, -0.1) is 0 Å². The molecule has 2 aliphatic rings. The molecule has 0 radical (unpaired) electrons. The van der Waals surface area contributed by atoms with E-state index in [4.69, 9.17) is 23.2 Å². The Morgan fingerprint density at radius 2 is 1.90 bits per heavy atom. The lowest BCUT2D eigenvalue weighted by molar-refractivity contribution is -0.130. The minimum absolute atomic E-state index is 0.0794. The van der Waals surface area contributed by atoms with Crippen molar-refractivity contribution in [3.63, 3.8) is 0 Å². The Morgan fingerprint density at radius 1 is 1.20 bits per heavy atom. The van der Waals surface area contributed by atoms with E-state index in [0.717, 1.165) is 37.7 Å². The molecule has 1 aromatic carbocycles. The van der Waals surface area contributed by atoms with Gasteiger partial charge in [0.1, 0.15) is 0 Å². The molecule has 1 saturated carbocycles. The lowest BCUT2D eigenvalue weighted by Gasteiger charge is -2.37. The van der Waals surface area contributed by atoms with Gasteiger partial charge in [-0.2, -0.15) is 0 Å². The first-order chi connectivity index (χ1) is 14.3. The third kappa shape index (κ3) is 5.29. The van der Waals surface area contributed by atoms with Crippen LogP contribution in [0.15, 0.2) is 29.5 Å². The van der Waals surface area contributed by atoms with Crippen LogP contribution in [0.25, 0.3) is 0 Å². The number of benzene rings is 1. The average Bonchev–Trinajstić information content (AvgIpc) is 3.03. The number of carbonyl (C=O) groups excluding carboxylic acids is 2. The monoisotopic (exact) mass is 453 g/mol. The van der Waals surface area contributed by atoms with Crippen LogP contribution < -0.4 is 5.32 Å². The molecule has 0 spiro atoms. The first kappa shape index (κ1) is 22.9. The second kappa shape index (κ2) is 10.0. The summed E-state index contributed by atoms with van der Waals surface area (Å²) in [6.45, 7) is 0.624. The third-order valence-corrected chi connectivity index (χ3v) is 6.84. The number of hydrogen-bond acceptors (Lipinski definition) is 4. The van der Waals surface area contributed by atoms with E-state index in [2.05, 4.69) is 24.3 Å². The summed E-state index contributed by atoms with van der Waals surface area (Å²) in [6.07, 6.45) is 5.25. The molecule has 2 N–H and O–H groups in total. The SMILES string of the molecule is CN(C)C1CCC(N2CC(C(=O)NCCCc3ccc(Cl)c(Cl)c3)=C(O)C2=O)CC1. The number of nitrogens with one attached hydrogen (secondary N) is 1. The zero-order valence-corrected chi connectivity index (χ0v) is 19.0. The first-order valence-electron chi connectivity index (χ1n) is 10.4. The summed E-state index contributed by atoms with van der Waals surface area (Å²) < 4.78 is 0. The number of aliphatic hydroxyl groups excluding tert-OH is 1. The van der Waals surface area contributed by atoms with Crippen LogP contribution in [-0.4, -0.2) is 66.0 Å². The normalized spacial score (nSPS) is 22.2. The van der Waals surface area contributed by atoms with Crippen LogP contribution in [0.2, 0.25) is 10.0 Å². The molecular formula is C22H29Cl2N3O3. The van der Waals surface area contributed by atoms with Crippen LogP contribution in [0, 0.1) is 0 Å². The van der Waals surface area contributed by atoms with Gasteiger partial charge in [-0.05, 0) is 70.3 Å². The molecule has 0 unspecified atom stereocenters. The Labute approximate surface area is 187 Å². The van der Waals surface area contributed by atoms with E-state index in [1.165, 1.54) is 0 Å². The van der Waals surface area contributed by atoms with E-state index >= 15 is 0 Å². The Kier molecular flexibility index (Phi) is 7.66. The molecule has 1 aliphatic carbocycles. The van der Waals surface area contributed by atoms with Crippen molar-refractivity contribution < 1.29 is 14.7 Å². The summed E-state index contributed by atoms with van der Waals surface area (Å²) in [5.74, 6) is -1.21. The van der Waals surface area contributed by atoms with Crippen LogP contribution in [-0.2, 0) is 16.0 Å². The number of aliphatic hydroxyl groups is 1. The Hall–Kier alpha value is -1.76. The largest absolute Gasteiger partial charge is 0.503 e. The summed E-state index contributed by atoms with van der Waals surface area (Å²) in [5, 5.41) is 14.1. The summed E-state index contributed by atoms with van der Waals surface area (Å²) in [5.41, 5.74) is 1.21. The standard InChI is InChI=1S/C22H29Cl2N3O3/c1-26(2)15-6-8-16(9-7-15)27-13-17(20(28)22(27)30)21(29)25-11-3-4-14-5-10-18(23)19(24)12-14/h5,10,12,15-16,28H,3-4,6-9,11,13H2,1-2H3,(H,25,29). The van der Waals surface area contributed by atoms with Gasteiger partial charge in [-0.1, -0.05) is 29.3 Å². The number of hydrogen-bond donors (Lipinski definition) is 2. The molecule has 8 heteroatoms. The highest BCUT2D eigenvalue weighted by Crippen LogP contribution is 2.30.